The lowest BCUT2D eigenvalue weighted by molar-refractivity contribution is 0.0661. The topological polar surface area (TPSA) is 131 Å². The number of amides is 1. The molecule has 1 fully saturated rings. The number of hydrogen-bond acceptors (Lipinski definition) is 10. The largest absolute Gasteiger partial charge is 0.485 e. The van der Waals surface area contributed by atoms with E-state index in [4.69, 9.17) is 14.5 Å². The fraction of sp³-hybridized carbons (Fsp3) is 0.375. The first kappa shape index (κ1) is 29.1. The molecule has 5 aromatic rings. The van der Waals surface area contributed by atoms with Gasteiger partial charge in [0.25, 0.3) is 17.2 Å². The van der Waals surface area contributed by atoms with Gasteiger partial charge in [-0.25, -0.2) is 15.0 Å². The van der Waals surface area contributed by atoms with Gasteiger partial charge in [-0.2, -0.15) is 9.50 Å². The molecule has 1 saturated heterocycles. The number of aromatic nitrogens is 6. The Morgan fingerprint density at radius 3 is 2.80 bits per heavy atom. The molecule has 7 rings (SSSR count). The number of ether oxygens (including phenoxy) is 2. The maximum absolute atomic E-state index is 13.9. The van der Waals surface area contributed by atoms with Crippen molar-refractivity contribution in [2.24, 2.45) is 0 Å². The lowest BCUT2D eigenvalue weighted by Gasteiger charge is -2.40. The van der Waals surface area contributed by atoms with Crippen LogP contribution in [0.15, 0.2) is 47.5 Å². The molecular weight excluding hydrogens is 592 g/mol. The van der Waals surface area contributed by atoms with Crippen LogP contribution in [0.3, 0.4) is 0 Å². The minimum absolute atomic E-state index is 0.199. The summed E-state index contributed by atoms with van der Waals surface area (Å²) in [7, 11) is 0. The van der Waals surface area contributed by atoms with Crippen molar-refractivity contribution in [3.63, 3.8) is 0 Å². The number of carbonyl (C=O) groups excluding carboxylic acids is 1. The normalized spacial score (nSPS) is 16.6. The second-order valence-electron chi connectivity index (χ2n) is 11.3. The van der Waals surface area contributed by atoms with Crippen LogP contribution in [-0.4, -0.2) is 72.6 Å². The second-order valence-corrected chi connectivity index (χ2v) is 12.5. The van der Waals surface area contributed by atoms with Gasteiger partial charge in [0.2, 0.25) is 0 Å². The van der Waals surface area contributed by atoms with Crippen LogP contribution < -0.4 is 15.2 Å². The van der Waals surface area contributed by atoms with Crippen molar-refractivity contribution in [1.29, 1.82) is 0 Å². The number of carbonyl (C=O) groups is 1. The molecule has 232 valence electrons. The number of fused-ring (bicyclic) bond motifs is 2. The molecule has 1 N–H and O–H groups in total. The van der Waals surface area contributed by atoms with Crippen molar-refractivity contribution >= 4 is 28.7 Å². The third kappa shape index (κ3) is 5.46. The maximum atomic E-state index is 13.9. The highest BCUT2D eigenvalue weighted by Crippen LogP contribution is 2.33. The predicted molar refractivity (Wildman–Crippen MR) is 170 cm³/mol. The molecule has 13 heteroatoms. The van der Waals surface area contributed by atoms with Gasteiger partial charge in [-0.15, -0.1) is 11.3 Å². The minimum Gasteiger partial charge on any atom is -0.485 e. The molecule has 2 aliphatic heterocycles. The van der Waals surface area contributed by atoms with Gasteiger partial charge in [0, 0.05) is 30.6 Å². The molecule has 6 heterocycles. The molecule has 0 radical (unpaired) electrons. The van der Waals surface area contributed by atoms with Crippen LogP contribution in [0.2, 0.25) is 0 Å². The highest BCUT2D eigenvalue weighted by Gasteiger charge is 2.33. The number of nitrogens with zero attached hydrogens (tertiary/aromatic N) is 7. The van der Waals surface area contributed by atoms with Gasteiger partial charge in [-0.3, -0.25) is 14.7 Å². The number of rotatable bonds is 7. The third-order valence-corrected chi connectivity index (χ3v) is 9.53. The summed E-state index contributed by atoms with van der Waals surface area (Å²) in [6.45, 7) is 8.74. The summed E-state index contributed by atoms with van der Waals surface area (Å²) in [5.74, 6) is 1.13. The van der Waals surface area contributed by atoms with E-state index in [1.54, 1.807) is 16.2 Å². The van der Waals surface area contributed by atoms with E-state index in [0.717, 1.165) is 16.9 Å². The SMILES string of the molecule is CCc1nc2nc(-c3cc4c(s3)COCC4)[nH]n2c(=O)c1N1CCN(C(=O)c2ncnc(C)c2OCc2ccccc2)C(C)C1. The van der Waals surface area contributed by atoms with Crippen LogP contribution in [0.5, 0.6) is 5.75 Å². The summed E-state index contributed by atoms with van der Waals surface area (Å²) < 4.78 is 13.1. The Bertz CT molecular complexity index is 1910. The van der Waals surface area contributed by atoms with Crippen LogP contribution in [0.4, 0.5) is 5.69 Å². The summed E-state index contributed by atoms with van der Waals surface area (Å²) in [6, 6.07) is 11.7. The molecule has 4 aromatic heterocycles. The number of aromatic amines is 1. The molecule has 0 saturated carbocycles. The molecule has 0 bridgehead atoms. The van der Waals surface area contributed by atoms with E-state index < -0.39 is 0 Å². The lowest BCUT2D eigenvalue weighted by Crippen LogP contribution is -2.55. The highest BCUT2D eigenvalue weighted by molar-refractivity contribution is 7.15. The smallest absolute Gasteiger partial charge is 0.297 e. The van der Waals surface area contributed by atoms with Crippen LogP contribution in [-0.2, 0) is 30.8 Å². The van der Waals surface area contributed by atoms with Crippen LogP contribution in [0.1, 0.15) is 51.7 Å². The number of hydrogen-bond donors (Lipinski definition) is 1. The zero-order valence-electron chi connectivity index (χ0n) is 25.4. The number of aryl methyl sites for hydroxylation is 2. The average molecular weight is 627 g/mol. The zero-order valence-corrected chi connectivity index (χ0v) is 26.3. The van der Waals surface area contributed by atoms with Gasteiger partial charge in [-0.05, 0) is 43.9 Å². The van der Waals surface area contributed by atoms with E-state index in [9.17, 15) is 9.59 Å². The zero-order chi connectivity index (χ0) is 31.1. The van der Waals surface area contributed by atoms with E-state index in [1.807, 2.05) is 56.0 Å². The monoisotopic (exact) mass is 626 g/mol. The average Bonchev–Trinajstić information content (AvgIpc) is 3.69. The predicted octanol–water partition coefficient (Wildman–Crippen LogP) is 3.81. The number of benzene rings is 1. The van der Waals surface area contributed by atoms with Gasteiger partial charge >= 0.3 is 0 Å². The first-order valence-corrected chi connectivity index (χ1v) is 16.0. The number of nitrogens with one attached hydrogen (secondary N) is 1. The molecule has 12 nitrogen and oxygen atoms in total. The minimum atomic E-state index is -0.223. The highest BCUT2D eigenvalue weighted by atomic mass is 32.1. The molecule has 1 aromatic carbocycles. The Kier molecular flexibility index (Phi) is 7.80. The van der Waals surface area contributed by atoms with Gasteiger partial charge in [0.1, 0.15) is 18.6 Å². The van der Waals surface area contributed by atoms with E-state index in [0.29, 0.717) is 80.3 Å². The van der Waals surface area contributed by atoms with E-state index in [1.165, 1.54) is 21.3 Å². The van der Waals surface area contributed by atoms with Crippen LogP contribution in [0, 0.1) is 6.92 Å². The Hall–Kier alpha value is -4.62. The standard InChI is InChI=1S/C32H34N8O4S/c1-4-23-27(31(42)40-32(35-23)36-29(37-40)24-14-22-10-13-43-17-25(22)45-24)38-11-12-39(19(2)15-38)30(41)26-28(20(3)33-18-34-26)44-16-21-8-6-5-7-9-21/h5-9,14,18-19H,4,10-13,15-17H2,1-3H3,(H,35,36,37). The first-order chi connectivity index (χ1) is 21.9. The second kappa shape index (κ2) is 12.1. The number of H-pyrrole nitrogens is 1. The fourth-order valence-corrected chi connectivity index (χ4v) is 7.09. The quantitative estimate of drug-likeness (QED) is 0.287. The lowest BCUT2D eigenvalue weighted by atomic mass is 10.1. The van der Waals surface area contributed by atoms with Crippen LogP contribution >= 0.6 is 11.3 Å². The summed E-state index contributed by atoms with van der Waals surface area (Å²) in [5.41, 5.74) is 4.12. The Labute approximate surface area is 263 Å². The summed E-state index contributed by atoms with van der Waals surface area (Å²) >= 11 is 1.63. The Morgan fingerprint density at radius 1 is 1.18 bits per heavy atom. The molecule has 0 spiro atoms. The molecule has 2 aliphatic rings. The number of anilines is 1. The van der Waals surface area contributed by atoms with Crippen molar-refractivity contribution in [3.8, 4) is 16.5 Å². The van der Waals surface area contributed by atoms with Crippen LogP contribution in [0.25, 0.3) is 16.5 Å². The van der Waals surface area contributed by atoms with Gasteiger partial charge < -0.3 is 19.3 Å². The van der Waals surface area contributed by atoms with Gasteiger partial charge in [-0.1, -0.05) is 37.3 Å². The molecule has 45 heavy (non-hydrogen) atoms. The molecule has 1 amide bonds. The fourth-order valence-electron chi connectivity index (χ4n) is 6.00. The third-order valence-electron chi connectivity index (χ3n) is 8.37. The maximum Gasteiger partial charge on any atom is 0.297 e. The Morgan fingerprint density at radius 2 is 2.02 bits per heavy atom. The van der Waals surface area contributed by atoms with Gasteiger partial charge in [0.15, 0.2) is 17.3 Å². The van der Waals surface area contributed by atoms with E-state index in [-0.39, 0.29) is 23.2 Å². The van der Waals surface area contributed by atoms with Crippen molar-refractivity contribution in [3.05, 3.63) is 86.2 Å². The molecular formula is C32H34N8O4S. The van der Waals surface area contributed by atoms with Crippen molar-refractivity contribution < 1.29 is 14.3 Å². The molecule has 1 atom stereocenters. The first-order valence-electron chi connectivity index (χ1n) is 15.2. The summed E-state index contributed by atoms with van der Waals surface area (Å²) in [4.78, 5) is 51.9. The summed E-state index contributed by atoms with van der Waals surface area (Å²) in [6.07, 6.45) is 2.84. The van der Waals surface area contributed by atoms with Gasteiger partial charge in [0.05, 0.1) is 29.5 Å². The molecule has 0 aliphatic carbocycles. The molecule has 1 unspecified atom stereocenters. The number of thiophene rings is 1. The van der Waals surface area contributed by atoms with E-state index >= 15 is 0 Å². The Balaban J connectivity index is 1.13. The van der Waals surface area contributed by atoms with Crippen molar-refractivity contribution in [2.75, 3.05) is 31.1 Å². The van der Waals surface area contributed by atoms with Crippen molar-refractivity contribution in [2.45, 2.75) is 52.9 Å². The van der Waals surface area contributed by atoms with E-state index in [2.05, 4.69) is 26.1 Å². The van der Waals surface area contributed by atoms with Crippen molar-refractivity contribution in [1.82, 2.24) is 34.4 Å². The summed E-state index contributed by atoms with van der Waals surface area (Å²) in [5, 5.41) is 3.20. The number of piperazine rings is 1.